The van der Waals surface area contributed by atoms with E-state index in [4.69, 9.17) is 12.2 Å². The van der Waals surface area contributed by atoms with Crippen LogP contribution in [0.15, 0.2) is 16.8 Å². The van der Waals surface area contributed by atoms with E-state index >= 15 is 0 Å². The number of nitrogens with one attached hydrogen (secondary N) is 2. The third kappa shape index (κ3) is 3.80. The van der Waals surface area contributed by atoms with Gasteiger partial charge in [0.1, 0.15) is 0 Å². The van der Waals surface area contributed by atoms with Crippen LogP contribution in [0.4, 0.5) is 0 Å². The van der Waals surface area contributed by atoms with E-state index in [-0.39, 0.29) is 0 Å². The summed E-state index contributed by atoms with van der Waals surface area (Å²) >= 11 is 6.97. The fourth-order valence-electron chi connectivity index (χ4n) is 1.49. The van der Waals surface area contributed by atoms with E-state index in [0.29, 0.717) is 12.1 Å². The maximum Gasteiger partial charge on any atom is 0.166 e. The van der Waals surface area contributed by atoms with Crippen LogP contribution in [0.1, 0.15) is 25.3 Å². The van der Waals surface area contributed by atoms with Gasteiger partial charge in [-0.25, -0.2) is 0 Å². The summed E-state index contributed by atoms with van der Waals surface area (Å²) in [6.07, 6.45) is 3.57. The smallest absolute Gasteiger partial charge is 0.166 e. The SMILES string of the molecule is CC(Cc1ccsc1)NC(=S)NC1CC1. The van der Waals surface area contributed by atoms with Gasteiger partial charge in [0.05, 0.1) is 0 Å². The Kier molecular flexibility index (Phi) is 3.59. The van der Waals surface area contributed by atoms with E-state index in [1.807, 2.05) is 0 Å². The Bertz CT molecular complexity index is 317. The van der Waals surface area contributed by atoms with Gasteiger partial charge >= 0.3 is 0 Å². The van der Waals surface area contributed by atoms with Crippen molar-refractivity contribution in [3.8, 4) is 0 Å². The highest BCUT2D eigenvalue weighted by Crippen LogP contribution is 2.18. The molecule has 1 fully saturated rings. The van der Waals surface area contributed by atoms with Crippen molar-refractivity contribution in [1.29, 1.82) is 0 Å². The molecule has 2 N–H and O–H groups in total. The molecule has 0 amide bonds. The molecule has 1 aliphatic rings. The standard InChI is InChI=1S/C11H16N2S2/c1-8(6-9-4-5-15-7-9)12-11(14)13-10-2-3-10/h4-5,7-8,10H,2-3,6H2,1H3,(H2,12,13,14). The Morgan fingerprint density at radius 2 is 2.47 bits per heavy atom. The average Bonchev–Trinajstić information content (AvgIpc) is 2.80. The molecule has 1 aromatic rings. The Morgan fingerprint density at radius 3 is 3.07 bits per heavy atom. The second-order valence-corrected chi connectivity index (χ2v) is 5.32. The monoisotopic (exact) mass is 240 g/mol. The number of hydrogen-bond donors (Lipinski definition) is 2. The molecular formula is C11H16N2S2. The van der Waals surface area contributed by atoms with Crippen LogP contribution in [0.5, 0.6) is 0 Å². The van der Waals surface area contributed by atoms with E-state index in [0.717, 1.165) is 11.5 Å². The summed E-state index contributed by atoms with van der Waals surface area (Å²) in [6, 6.07) is 3.21. The van der Waals surface area contributed by atoms with Crippen LogP contribution in [0.2, 0.25) is 0 Å². The summed E-state index contributed by atoms with van der Waals surface area (Å²) in [5.74, 6) is 0. The third-order valence-corrected chi connectivity index (χ3v) is 3.38. The molecular weight excluding hydrogens is 224 g/mol. The summed E-state index contributed by atoms with van der Waals surface area (Å²) in [4.78, 5) is 0. The first-order valence-corrected chi connectivity index (χ1v) is 6.67. The molecule has 82 valence electrons. The molecule has 1 atom stereocenters. The summed E-state index contributed by atoms with van der Waals surface area (Å²) in [7, 11) is 0. The zero-order valence-electron chi connectivity index (χ0n) is 8.82. The lowest BCUT2D eigenvalue weighted by Crippen LogP contribution is -2.42. The molecule has 15 heavy (non-hydrogen) atoms. The molecule has 2 rings (SSSR count). The Labute approximate surface area is 100 Å². The lowest BCUT2D eigenvalue weighted by molar-refractivity contribution is 0.649. The van der Waals surface area contributed by atoms with Crippen LogP contribution < -0.4 is 10.6 Å². The minimum Gasteiger partial charge on any atom is -0.360 e. The van der Waals surface area contributed by atoms with E-state index in [2.05, 4.69) is 34.4 Å². The topological polar surface area (TPSA) is 24.1 Å². The molecule has 0 aliphatic heterocycles. The van der Waals surface area contributed by atoms with Gasteiger partial charge in [-0.2, -0.15) is 11.3 Å². The normalized spacial score (nSPS) is 17.1. The van der Waals surface area contributed by atoms with Gasteiger partial charge in [0.2, 0.25) is 0 Å². The van der Waals surface area contributed by atoms with Gasteiger partial charge < -0.3 is 10.6 Å². The van der Waals surface area contributed by atoms with Crippen molar-refractivity contribution in [2.75, 3.05) is 0 Å². The van der Waals surface area contributed by atoms with E-state index in [9.17, 15) is 0 Å². The van der Waals surface area contributed by atoms with E-state index < -0.39 is 0 Å². The molecule has 1 aliphatic carbocycles. The number of hydrogen-bond acceptors (Lipinski definition) is 2. The number of thiocarbonyl (C=S) groups is 1. The van der Waals surface area contributed by atoms with E-state index in [1.54, 1.807) is 11.3 Å². The van der Waals surface area contributed by atoms with Crippen LogP contribution >= 0.6 is 23.6 Å². The van der Waals surface area contributed by atoms with Gasteiger partial charge in [-0.1, -0.05) is 0 Å². The summed E-state index contributed by atoms with van der Waals surface area (Å²) < 4.78 is 0. The van der Waals surface area contributed by atoms with Crippen molar-refractivity contribution < 1.29 is 0 Å². The molecule has 0 spiro atoms. The summed E-state index contributed by atoms with van der Waals surface area (Å²) in [6.45, 7) is 2.17. The maximum atomic E-state index is 5.22. The Hall–Kier alpha value is -0.610. The summed E-state index contributed by atoms with van der Waals surface area (Å²) in [5, 5.41) is 11.7. The van der Waals surface area contributed by atoms with Crippen LogP contribution in [0.25, 0.3) is 0 Å². The maximum absolute atomic E-state index is 5.22. The summed E-state index contributed by atoms with van der Waals surface area (Å²) in [5.41, 5.74) is 1.38. The second kappa shape index (κ2) is 4.94. The highest BCUT2D eigenvalue weighted by atomic mass is 32.1. The minimum absolute atomic E-state index is 0.401. The molecule has 1 saturated carbocycles. The van der Waals surface area contributed by atoms with Gasteiger partial charge in [0, 0.05) is 12.1 Å². The van der Waals surface area contributed by atoms with Crippen LogP contribution in [-0.4, -0.2) is 17.2 Å². The highest BCUT2D eigenvalue weighted by molar-refractivity contribution is 7.80. The molecule has 2 nitrogen and oxygen atoms in total. The van der Waals surface area contributed by atoms with Crippen molar-refractivity contribution in [1.82, 2.24) is 10.6 Å². The van der Waals surface area contributed by atoms with Gasteiger partial charge in [0.25, 0.3) is 0 Å². The highest BCUT2D eigenvalue weighted by Gasteiger charge is 2.22. The lowest BCUT2D eigenvalue weighted by Gasteiger charge is -2.16. The van der Waals surface area contributed by atoms with Crippen LogP contribution in [0.3, 0.4) is 0 Å². The van der Waals surface area contributed by atoms with Crippen LogP contribution in [-0.2, 0) is 6.42 Å². The van der Waals surface area contributed by atoms with Crippen molar-refractivity contribution in [3.05, 3.63) is 22.4 Å². The van der Waals surface area contributed by atoms with Gasteiger partial charge in [-0.05, 0) is 60.8 Å². The zero-order valence-corrected chi connectivity index (χ0v) is 10.5. The molecule has 0 aromatic carbocycles. The first-order valence-electron chi connectivity index (χ1n) is 5.32. The van der Waals surface area contributed by atoms with Crippen molar-refractivity contribution >= 4 is 28.7 Å². The number of thiophene rings is 1. The molecule has 1 unspecified atom stereocenters. The molecule has 4 heteroatoms. The largest absolute Gasteiger partial charge is 0.360 e. The molecule has 0 radical (unpaired) electrons. The molecule has 1 heterocycles. The molecule has 0 saturated heterocycles. The Morgan fingerprint density at radius 1 is 1.67 bits per heavy atom. The van der Waals surface area contributed by atoms with Gasteiger partial charge in [-0.15, -0.1) is 0 Å². The molecule has 0 bridgehead atoms. The first-order chi connectivity index (χ1) is 7.24. The van der Waals surface area contributed by atoms with E-state index in [1.165, 1.54) is 18.4 Å². The average molecular weight is 240 g/mol. The third-order valence-electron chi connectivity index (χ3n) is 2.41. The number of rotatable bonds is 4. The van der Waals surface area contributed by atoms with Crippen LogP contribution in [0, 0.1) is 0 Å². The van der Waals surface area contributed by atoms with Gasteiger partial charge in [0.15, 0.2) is 5.11 Å². The Balaban J connectivity index is 1.71. The molecule has 1 aromatic heterocycles. The quantitative estimate of drug-likeness (QED) is 0.790. The van der Waals surface area contributed by atoms with Crippen molar-refractivity contribution in [2.24, 2.45) is 0 Å². The van der Waals surface area contributed by atoms with Crippen molar-refractivity contribution in [3.63, 3.8) is 0 Å². The minimum atomic E-state index is 0.401. The zero-order chi connectivity index (χ0) is 10.7. The lowest BCUT2D eigenvalue weighted by atomic mass is 10.1. The van der Waals surface area contributed by atoms with Gasteiger partial charge in [-0.3, -0.25) is 0 Å². The second-order valence-electron chi connectivity index (χ2n) is 4.13. The predicted molar refractivity (Wildman–Crippen MR) is 69.4 cm³/mol. The predicted octanol–water partition coefficient (Wildman–Crippen LogP) is 2.31. The fourth-order valence-corrected chi connectivity index (χ4v) is 2.54. The van der Waals surface area contributed by atoms with Crippen molar-refractivity contribution in [2.45, 2.75) is 38.3 Å². The first kappa shape index (κ1) is 10.9. The fraction of sp³-hybridized carbons (Fsp3) is 0.545.